The molecule has 2 aromatic carbocycles. The van der Waals surface area contributed by atoms with E-state index in [1.807, 2.05) is 55.6 Å². The van der Waals surface area contributed by atoms with Gasteiger partial charge in [-0.3, -0.25) is 0 Å². The number of benzene rings is 2. The predicted octanol–water partition coefficient (Wildman–Crippen LogP) is 3.10. The number of rotatable bonds is 8. The maximum atomic E-state index is 5.71. The van der Waals surface area contributed by atoms with Crippen molar-refractivity contribution < 1.29 is 4.74 Å². The second-order valence-corrected chi connectivity index (χ2v) is 6.21. The van der Waals surface area contributed by atoms with Gasteiger partial charge in [0.15, 0.2) is 5.96 Å². The number of imidazole rings is 1. The number of aromatic nitrogens is 2. The number of hydrogen-bond donors (Lipinski definition) is 2. The minimum absolute atomic E-state index is 0.529. The highest BCUT2D eigenvalue weighted by Gasteiger charge is 2.06. The van der Waals surface area contributed by atoms with E-state index < -0.39 is 0 Å². The first-order valence-corrected chi connectivity index (χ1v) is 9.38. The molecule has 2 N–H and O–H groups in total. The molecule has 0 bridgehead atoms. The summed E-state index contributed by atoms with van der Waals surface area (Å²) in [6, 6.07) is 18.0. The zero-order valence-corrected chi connectivity index (χ0v) is 16.0. The summed E-state index contributed by atoms with van der Waals surface area (Å²) in [5.74, 6) is 2.64. The molecule has 142 valence electrons. The van der Waals surface area contributed by atoms with E-state index >= 15 is 0 Å². The number of hydrogen-bond acceptors (Lipinski definition) is 3. The molecule has 0 amide bonds. The molecule has 6 nitrogen and oxygen atoms in total. The summed E-state index contributed by atoms with van der Waals surface area (Å²) in [5, 5.41) is 6.63. The zero-order chi connectivity index (χ0) is 18.9. The smallest absolute Gasteiger partial charge is 0.191 e. The highest BCUT2D eigenvalue weighted by atomic mass is 16.5. The van der Waals surface area contributed by atoms with Gasteiger partial charge < -0.3 is 19.9 Å². The Hall–Kier alpha value is -3.02. The van der Waals surface area contributed by atoms with Gasteiger partial charge in [0.05, 0.1) is 17.6 Å². The average Bonchev–Trinajstić information content (AvgIpc) is 3.02. The van der Waals surface area contributed by atoms with Crippen LogP contribution in [0, 0.1) is 0 Å². The fraction of sp³-hybridized carbons (Fsp3) is 0.333. The van der Waals surface area contributed by atoms with E-state index in [-0.39, 0.29) is 0 Å². The van der Waals surface area contributed by atoms with Crippen LogP contribution >= 0.6 is 0 Å². The standard InChI is InChI=1S/C21H27N5O/c1-3-22-21(23-14-9-15-27-17-10-5-4-6-11-17)24-16-20-25-18-12-7-8-13-19(18)26(20)2/h4-8,10-13H,3,9,14-16H2,1-2H3,(H2,22,23,24). The van der Waals surface area contributed by atoms with E-state index in [9.17, 15) is 0 Å². The van der Waals surface area contributed by atoms with Crippen LogP contribution in [0.5, 0.6) is 5.75 Å². The summed E-state index contributed by atoms with van der Waals surface area (Å²) in [5.41, 5.74) is 2.12. The fourth-order valence-corrected chi connectivity index (χ4v) is 2.81. The molecule has 0 atom stereocenters. The molecule has 0 fully saturated rings. The Morgan fingerprint density at radius 3 is 2.63 bits per heavy atom. The molecule has 0 radical (unpaired) electrons. The van der Waals surface area contributed by atoms with Crippen molar-refractivity contribution in [3.05, 3.63) is 60.4 Å². The number of aryl methyl sites for hydroxylation is 1. The van der Waals surface area contributed by atoms with E-state index in [1.54, 1.807) is 0 Å². The highest BCUT2D eigenvalue weighted by molar-refractivity contribution is 5.80. The van der Waals surface area contributed by atoms with E-state index in [2.05, 4.69) is 38.2 Å². The van der Waals surface area contributed by atoms with Gasteiger partial charge in [-0.1, -0.05) is 30.3 Å². The molecule has 0 spiro atoms. The van der Waals surface area contributed by atoms with E-state index in [4.69, 9.17) is 4.74 Å². The molecule has 3 rings (SSSR count). The Kier molecular flexibility index (Phi) is 6.68. The van der Waals surface area contributed by atoms with Gasteiger partial charge >= 0.3 is 0 Å². The fourth-order valence-electron chi connectivity index (χ4n) is 2.81. The van der Waals surface area contributed by atoms with E-state index in [1.165, 1.54) is 0 Å². The number of nitrogens with one attached hydrogen (secondary N) is 2. The summed E-state index contributed by atoms with van der Waals surface area (Å²) in [6.45, 7) is 4.86. The molecular weight excluding hydrogens is 338 g/mol. The molecule has 0 aliphatic rings. The molecule has 0 unspecified atom stereocenters. The number of nitrogens with zero attached hydrogens (tertiary/aromatic N) is 3. The van der Waals surface area contributed by atoms with Gasteiger partial charge in [-0.2, -0.15) is 0 Å². The van der Waals surface area contributed by atoms with Crippen LogP contribution in [0.2, 0.25) is 0 Å². The van der Waals surface area contributed by atoms with Crippen LogP contribution in [0.4, 0.5) is 0 Å². The van der Waals surface area contributed by atoms with Crippen molar-refractivity contribution >= 4 is 17.0 Å². The van der Waals surface area contributed by atoms with Gasteiger partial charge in [0.25, 0.3) is 0 Å². The van der Waals surface area contributed by atoms with Crippen molar-refractivity contribution in [3.63, 3.8) is 0 Å². The van der Waals surface area contributed by atoms with Crippen LogP contribution < -0.4 is 15.4 Å². The Labute approximate surface area is 160 Å². The lowest BCUT2D eigenvalue weighted by Gasteiger charge is -2.11. The maximum Gasteiger partial charge on any atom is 0.191 e. The summed E-state index contributed by atoms with van der Waals surface area (Å²) in [4.78, 5) is 9.33. The Morgan fingerprint density at radius 2 is 1.85 bits per heavy atom. The van der Waals surface area contributed by atoms with Gasteiger partial charge in [-0.05, 0) is 37.6 Å². The summed E-state index contributed by atoms with van der Waals surface area (Å²) in [6.07, 6.45) is 0.894. The molecule has 27 heavy (non-hydrogen) atoms. The number of para-hydroxylation sites is 3. The molecule has 0 aliphatic heterocycles. The van der Waals surface area contributed by atoms with Crippen LogP contribution in [0.25, 0.3) is 11.0 Å². The number of ether oxygens (including phenoxy) is 1. The second-order valence-electron chi connectivity index (χ2n) is 6.21. The van der Waals surface area contributed by atoms with Gasteiger partial charge in [0.2, 0.25) is 0 Å². The van der Waals surface area contributed by atoms with Crippen molar-refractivity contribution in [3.8, 4) is 5.75 Å². The Bertz CT molecular complexity index is 873. The van der Waals surface area contributed by atoms with Gasteiger partial charge in [0, 0.05) is 20.1 Å². The zero-order valence-electron chi connectivity index (χ0n) is 16.0. The van der Waals surface area contributed by atoms with Crippen LogP contribution in [-0.4, -0.2) is 35.2 Å². The lowest BCUT2D eigenvalue weighted by molar-refractivity contribution is 0.311. The maximum absolute atomic E-state index is 5.71. The molecular formula is C21H27N5O. The lowest BCUT2D eigenvalue weighted by Crippen LogP contribution is -2.38. The number of fused-ring (bicyclic) bond motifs is 1. The normalized spacial score (nSPS) is 11.6. The summed E-state index contributed by atoms with van der Waals surface area (Å²) < 4.78 is 7.81. The molecule has 0 aliphatic carbocycles. The summed E-state index contributed by atoms with van der Waals surface area (Å²) in [7, 11) is 2.03. The van der Waals surface area contributed by atoms with Crippen molar-refractivity contribution in [1.29, 1.82) is 0 Å². The van der Waals surface area contributed by atoms with Crippen LogP contribution in [0.1, 0.15) is 19.2 Å². The molecule has 6 heteroatoms. The number of guanidine groups is 1. The third-order valence-electron chi connectivity index (χ3n) is 4.23. The van der Waals surface area contributed by atoms with Crippen molar-refractivity contribution in [2.45, 2.75) is 19.9 Å². The van der Waals surface area contributed by atoms with Gasteiger partial charge in [-0.25, -0.2) is 9.98 Å². The van der Waals surface area contributed by atoms with Gasteiger partial charge in [-0.15, -0.1) is 0 Å². The van der Waals surface area contributed by atoms with Crippen molar-refractivity contribution in [1.82, 2.24) is 20.2 Å². The molecule has 0 saturated heterocycles. The molecule has 1 heterocycles. The minimum atomic E-state index is 0.529. The molecule has 1 aromatic heterocycles. The monoisotopic (exact) mass is 365 g/mol. The lowest BCUT2D eigenvalue weighted by atomic mass is 10.3. The van der Waals surface area contributed by atoms with E-state index in [0.29, 0.717) is 13.2 Å². The topological polar surface area (TPSA) is 63.5 Å². The average molecular weight is 365 g/mol. The SMILES string of the molecule is CCNC(=NCc1nc2ccccc2n1C)NCCCOc1ccccc1. The van der Waals surface area contributed by atoms with Crippen LogP contribution in [-0.2, 0) is 13.6 Å². The van der Waals surface area contributed by atoms with Crippen molar-refractivity contribution in [2.24, 2.45) is 12.0 Å². The first kappa shape index (κ1) is 18.8. The third kappa shape index (κ3) is 5.23. The van der Waals surface area contributed by atoms with Crippen LogP contribution in [0.3, 0.4) is 0 Å². The van der Waals surface area contributed by atoms with Crippen LogP contribution in [0.15, 0.2) is 59.6 Å². The first-order valence-electron chi connectivity index (χ1n) is 9.38. The van der Waals surface area contributed by atoms with E-state index in [0.717, 1.165) is 48.1 Å². The molecule has 3 aromatic rings. The quantitative estimate of drug-likeness (QED) is 0.366. The van der Waals surface area contributed by atoms with Crippen molar-refractivity contribution in [2.75, 3.05) is 19.7 Å². The Balaban J connectivity index is 1.50. The number of aliphatic imine (C=N–C) groups is 1. The first-order chi connectivity index (χ1) is 13.3. The predicted molar refractivity (Wildman–Crippen MR) is 110 cm³/mol. The third-order valence-corrected chi connectivity index (χ3v) is 4.23. The Morgan fingerprint density at radius 1 is 1.07 bits per heavy atom. The van der Waals surface area contributed by atoms with Gasteiger partial charge in [0.1, 0.15) is 18.1 Å². The minimum Gasteiger partial charge on any atom is -0.494 e. The highest BCUT2D eigenvalue weighted by Crippen LogP contribution is 2.14. The summed E-state index contributed by atoms with van der Waals surface area (Å²) >= 11 is 0. The molecule has 0 saturated carbocycles. The second kappa shape index (κ2) is 9.62. The largest absolute Gasteiger partial charge is 0.494 e.